The Morgan fingerprint density at radius 2 is 1.67 bits per heavy atom. The third kappa shape index (κ3) is 3.84. The van der Waals surface area contributed by atoms with Crippen LogP contribution < -0.4 is 11.1 Å². The number of hydrogen-bond donors (Lipinski definition) is 2. The van der Waals surface area contributed by atoms with Gasteiger partial charge in [0, 0.05) is 5.69 Å². The fraction of sp³-hybridized carbons (Fsp3) is 0.533. The minimum Gasteiger partial charge on any atom is -0.325 e. The summed E-state index contributed by atoms with van der Waals surface area (Å²) in [7, 11) is 0. The molecule has 0 radical (unpaired) electrons. The van der Waals surface area contributed by atoms with Gasteiger partial charge in [-0.2, -0.15) is 0 Å². The summed E-state index contributed by atoms with van der Waals surface area (Å²) < 4.78 is 0. The molecule has 3 heteroatoms. The molecule has 1 rings (SSSR count). The molecule has 1 atom stereocenters. The molecule has 1 aromatic carbocycles. The predicted octanol–water partition coefficient (Wildman–Crippen LogP) is 2.91. The van der Waals surface area contributed by atoms with Crippen LogP contribution in [0.25, 0.3) is 0 Å². The van der Waals surface area contributed by atoms with Crippen molar-refractivity contribution < 1.29 is 4.79 Å². The fourth-order valence-corrected chi connectivity index (χ4v) is 1.58. The maximum absolute atomic E-state index is 11.8. The molecular weight excluding hydrogens is 224 g/mol. The number of benzene rings is 1. The van der Waals surface area contributed by atoms with E-state index in [0.717, 1.165) is 5.69 Å². The molecule has 3 N–H and O–H groups in total. The molecular formula is C15H24N2O. The van der Waals surface area contributed by atoms with Crippen molar-refractivity contribution in [1.29, 1.82) is 0 Å². The van der Waals surface area contributed by atoms with Crippen molar-refractivity contribution in [2.45, 2.75) is 46.1 Å². The van der Waals surface area contributed by atoms with Crippen LogP contribution in [-0.4, -0.2) is 11.9 Å². The third-order valence-electron chi connectivity index (χ3n) is 3.04. The summed E-state index contributed by atoms with van der Waals surface area (Å²) in [6.07, 6.45) is 0. The van der Waals surface area contributed by atoms with Gasteiger partial charge in [-0.05, 0) is 29.0 Å². The van der Waals surface area contributed by atoms with Gasteiger partial charge in [-0.15, -0.1) is 0 Å². The molecule has 0 aliphatic rings. The number of nitrogens with two attached hydrogens (primary N) is 1. The molecule has 0 aromatic heterocycles. The Morgan fingerprint density at radius 3 is 2.06 bits per heavy atom. The Bertz CT molecular complexity index is 401. The second-order valence-electron chi connectivity index (χ2n) is 6.09. The van der Waals surface area contributed by atoms with Crippen LogP contribution in [0.15, 0.2) is 24.3 Å². The lowest BCUT2D eigenvalue weighted by Gasteiger charge is -2.20. The largest absolute Gasteiger partial charge is 0.325 e. The minimum atomic E-state index is -0.465. The summed E-state index contributed by atoms with van der Waals surface area (Å²) in [6, 6.07) is 7.46. The first kappa shape index (κ1) is 14.7. The van der Waals surface area contributed by atoms with Crippen molar-refractivity contribution in [3.05, 3.63) is 29.8 Å². The molecule has 3 nitrogen and oxygen atoms in total. The second kappa shape index (κ2) is 5.53. The van der Waals surface area contributed by atoms with Gasteiger partial charge in [-0.3, -0.25) is 4.79 Å². The van der Waals surface area contributed by atoms with E-state index in [4.69, 9.17) is 5.73 Å². The van der Waals surface area contributed by atoms with E-state index in [0.29, 0.717) is 0 Å². The monoisotopic (exact) mass is 248 g/mol. The average molecular weight is 248 g/mol. The zero-order valence-electron chi connectivity index (χ0n) is 11.9. The van der Waals surface area contributed by atoms with E-state index < -0.39 is 6.04 Å². The molecule has 0 bridgehead atoms. The standard InChI is InChI=1S/C15H24N2O/c1-10(2)13(16)14(18)17-12-8-6-11(7-9-12)15(3,4)5/h6-10,13H,16H2,1-5H3,(H,17,18)/t13-/m0/s1. The quantitative estimate of drug-likeness (QED) is 0.864. The van der Waals surface area contributed by atoms with E-state index in [1.165, 1.54) is 5.56 Å². The Kier molecular flexibility index (Phi) is 4.52. The maximum Gasteiger partial charge on any atom is 0.241 e. The van der Waals surface area contributed by atoms with Crippen LogP contribution in [0.1, 0.15) is 40.2 Å². The van der Waals surface area contributed by atoms with Crippen molar-refractivity contribution in [2.24, 2.45) is 11.7 Å². The van der Waals surface area contributed by atoms with Crippen molar-refractivity contribution in [2.75, 3.05) is 5.32 Å². The Balaban J connectivity index is 2.73. The van der Waals surface area contributed by atoms with E-state index in [1.54, 1.807) is 0 Å². The molecule has 0 unspecified atom stereocenters. The summed E-state index contributed by atoms with van der Waals surface area (Å²) in [4.78, 5) is 11.8. The predicted molar refractivity (Wildman–Crippen MR) is 76.6 cm³/mol. The van der Waals surface area contributed by atoms with Crippen molar-refractivity contribution in [3.8, 4) is 0 Å². The highest BCUT2D eigenvalue weighted by Crippen LogP contribution is 2.23. The molecule has 0 saturated heterocycles. The fourth-order valence-electron chi connectivity index (χ4n) is 1.58. The lowest BCUT2D eigenvalue weighted by molar-refractivity contribution is -0.118. The summed E-state index contributed by atoms with van der Waals surface area (Å²) in [5.74, 6) is 0.00681. The topological polar surface area (TPSA) is 55.1 Å². The van der Waals surface area contributed by atoms with Gasteiger partial charge in [0.1, 0.15) is 0 Å². The van der Waals surface area contributed by atoms with Crippen molar-refractivity contribution in [1.82, 2.24) is 0 Å². The number of anilines is 1. The third-order valence-corrected chi connectivity index (χ3v) is 3.04. The van der Waals surface area contributed by atoms with Gasteiger partial charge in [-0.1, -0.05) is 46.8 Å². The Morgan fingerprint density at radius 1 is 1.17 bits per heavy atom. The number of rotatable bonds is 3. The van der Waals surface area contributed by atoms with Crippen LogP contribution in [-0.2, 0) is 10.2 Å². The molecule has 0 aliphatic heterocycles. The number of hydrogen-bond acceptors (Lipinski definition) is 2. The number of nitrogens with one attached hydrogen (secondary N) is 1. The van der Waals surface area contributed by atoms with Gasteiger partial charge in [-0.25, -0.2) is 0 Å². The average Bonchev–Trinajstić information content (AvgIpc) is 2.27. The lowest BCUT2D eigenvalue weighted by atomic mass is 9.87. The summed E-state index contributed by atoms with van der Waals surface area (Å²) in [6.45, 7) is 10.4. The highest BCUT2D eigenvalue weighted by molar-refractivity contribution is 5.94. The Hall–Kier alpha value is -1.35. The highest BCUT2D eigenvalue weighted by atomic mass is 16.2. The van der Waals surface area contributed by atoms with E-state index in [1.807, 2.05) is 38.1 Å². The van der Waals surface area contributed by atoms with Crippen molar-refractivity contribution in [3.63, 3.8) is 0 Å². The SMILES string of the molecule is CC(C)[C@H](N)C(=O)Nc1ccc(C(C)(C)C)cc1. The maximum atomic E-state index is 11.8. The summed E-state index contributed by atoms with van der Waals surface area (Å²) >= 11 is 0. The molecule has 0 fully saturated rings. The van der Waals surface area contributed by atoms with Crippen LogP contribution in [0.2, 0.25) is 0 Å². The first-order valence-corrected chi connectivity index (χ1v) is 6.39. The van der Waals surface area contributed by atoms with Crippen LogP contribution in [0.4, 0.5) is 5.69 Å². The van der Waals surface area contributed by atoms with Gasteiger partial charge in [0.2, 0.25) is 5.91 Å². The first-order valence-electron chi connectivity index (χ1n) is 6.39. The molecule has 100 valence electrons. The van der Waals surface area contributed by atoms with Crippen LogP contribution in [0.3, 0.4) is 0 Å². The molecule has 0 saturated carbocycles. The molecule has 0 spiro atoms. The van der Waals surface area contributed by atoms with Gasteiger partial charge >= 0.3 is 0 Å². The minimum absolute atomic E-state index is 0.122. The Labute approximate surface area is 110 Å². The molecule has 1 aromatic rings. The molecule has 1 amide bonds. The first-order chi connectivity index (χ1) is 8.21. The van der Waals surface area contributed by atoms with Crippen LogP contribution in [0, 0.1) is 5.92 Å². The van der Waals surface area contributed by atoms with Crippen LogP contribution >= 0.6 is 0 Å². The van der Waals surface area contributed by atoms with Crippen LogP contribution in [0.5, 0.6) is 0 Å². The van der Waals surface area contributed by atoms with Gasteiger partial charge in [0.05, 0.1) is 6.04 Å². The van der Waals surface area contributed by atoms with Gasteiger partial charge < -0.3 is 11.1 Å². The zero-order valence-corrected chi connectivity index (χ0v) is 11.9. The number of amides is 1. The van der Waals surface area contributed by atoms with E-state index in [9.17, 15) is 4.79 Å². The van der Waals surface area contributed by atoms with Gasteiger partial charge in [0.15, 0.2) is 0 Å². The second-order valence-corrected chi connectivity index (χ2v) is 6.09. The molecule has 0 heterocycles. The van der Waals surface area contributed by atoms with Gasteiger partial charge in [0.25, 0.3) is 0 Å². The number of carbonyl (C=O) groups excluding carboxylic acids is 1. The molecule has 0 aliphatic carbocycles. The normalized spacial score (nSPS) is 13.5. The van der Waals surface area contributed by atoms with E-state index in [-0.39, 0.29) is 17.2 Å². The highest BCUT2D eigenvalue weighted by Gasteiger charge is 2.17. The smallest absolute Gasteiger partial charge is 0.241 e. The summed E-state index contributed by atoms with van der Waals surface area (Å²) in [5, 5.41) is 2.84. The number of carbonyl (C=O) groups is 1. The van der Waals surface area contributed by atoms with E-state index >= 15 is 0 Å². The van der Waals surface area contributed by atoms with E-state index in [2.05, 4.69) is 26.1 Å². The lowest BCUT2D eigenvalue weighted by Crippen LogP contribution is -2.39. The zero-order chi connectivity index (χ0) is 13.9. The molecule has 18 heavy (non-hydrogen) atoms. The van der Waals surface area contributed by atoms with Crippen molar-refractivity contribution >= 4 is 11.6 Å². The summed E-state index contributed by atoms with van der Waals surface area (Å²) in [5.41, 5.74) is 7.96.